The molecule has 2 aliphatic rings. The Kier molecular flexibility index (Phi) is 8.04. The summed E-state index contributed by atoms with van der Waals surface area (Å²) in [6, 6.07) is 0.869. The summed E-state index contributed by atoms with van der Waals surface area (Å²) in [7, 11) is -3.42. The predicted molar refractivity (Wildman–Crippen MR) is 136 cm³/mol. The number of allylic oxidation sites excluding steroid dienone is 1. The summed E-state index contributed by atoms with van der Waals surface area (Å²) in [4.78, 5) is 28.7. The van der Waals surface area contributed by atoms with E-state index in [-0.39, 0.29) is 29.0 Å². The van der Waals surface area contributed by atoms with Gasteiger partial charge in [-0.05, 0) is 44.1 Å². The normalized spacial score (nSPS) is 25.3. The minimum absolute atomic E-state index is 0.0333. The summed E-state index contributed by atoms with van der Waals surface area (Å²) in [5.74, 6) is -0.574. The fourth-order valence-electron chi connectivity index (χ4n) is 3.47. The molecule has 2 heterocycles. The number of fused-ring (bicyclic) bond motifs is 1. The molecule has 6 nitrogen and oxygen atoms in total. The second kappa shape index (κ2) is 9.40. The smallest absolute Gasteiger partial charge is 0.356 e. The molecule has 0 aromatic rings. The van der Waals surface area contributed by atoms with Crippen molar-refractivity contribution in [3.05, 3.63) is 22.8 Å². The average Bonchev–Trinajstić information content (AvgIpc) is 2.99. The quantitative estimate of drug-likeness (QED) is 0.274. The number of carbonyl (C=O) groups excluding carboxylic acids is 2. The Balaban J connectivity index is 2.26. The average molecular weight is 500 g/mol. The monoisotopic (exact) mass is 499 g/mol. The van der Waals surface area contributed by atoms with E-state index in [1.54, 1.807) is 17.1 Å². The van der Waals surface area contributed by atoms with Crippen LogP contribution in [-0.4, -0.2) is 63.0 Å². The van der Waals surface area contributed by atoms with Crippen LogP contribution in [0.3, 0.4) is 0 Å². The zero-order chi connectivity index (χ0) is 24.7. The lowest BCUT2D eigenvalue weighted by atomic mass is 9.75. The third-order valence-electron chi connectivity index (χ3n) is 6.92. The molecule has 1 saturated heterocycles. The van der Waals surface area contributed by atoms with E-state index < -0.39 is 27.8 Å². The van der Waals surface area contributed by atoms with E-state index in [0.717, 1.165) is 6.04 Å². The molecule has 1 fully saturated rings. The summed E-state index contributed by atoms with van der Waals surface area (Å²) >= 11 is 1.48. The third-order valence-corrected chi connectivity index (χ3v) is 14.7. The maximum absolute atomic E-state index is 13.4. The minimum Gasteiger partial charge on any atom is -0.461 e. The van der Waals surface area contributed by atoms with Gasteiger partial charge in [0.1, 0.15) is 16.5 Å². The summed E-state index contributed by atoms with van der Waals surface area (Å²) in [5.41, 5.74) is -0.443. The van der Waals surface area contributed by atoms with Crippen LogP contribution >= 0.6 is 11.8 Å². The van der Waals surface area contributed by atoms with Crippen LogP contribution in [0.2, 0.25) is 43.8 Å². The van der Waals surface area contributed by atoms with Crippen molar-refractivity contribution in [3.63, 3.8) is 0 Å². The SMILES string of the molecule is CC(O[Si](C)(C)C(C)(C)C)[C@@]1(C)C(=O)N2C(C(=O)OCC[Si](C)(C)C)=C(/C=C/CO)S[C@@H]21. The molecule has 2 rings (SSSR count). The molecule has 3 atom stereocenters. The van der Waals surface area contributed by atoms with E-state index in [9.17, 15) is 14.7 Å². The number of aliphatic hydroxyl groups is 1. The Bertz CT molecular complexity index is 812. The van der Waals surface area contributed by atoms with Crippen molar-refractivity contribution < 1.29 is 23.9 Å². The molecule has 182 valence electrons. The molecule has 0 saturated carbocycles. The van der Waals surface area contributed by atoms with Crippen molar-refractivity contribution in [2.45, 2.75) is 89.9 Å². The second-order valence-electron chi connectivity index (χ2n) is 11.7. The van der Waals surface area contributed by atoms with Crippen molar-refractivity contribution in [3.8, 4) is 0 Å². The van der Waals surface area contributed by atoms with Gasteiger partial charge in [-0.1, -0.05) is 58.3 Å². The summed E-state index contributed by atoms with van der Waals surface area (Å²) in [6.07, 6.45) is 3.02. The number of nitrogens with zero attached hydrogens (tertiary/aromatic N) is 1. The Hall–Kier alpha value is -0.876. The summed E-state index contributed by atoms with van der Waals surface area (Å²) in [6.45, 7) is 21.7. The second-order valence-corrected chi connectivity index (χ2v) is 23.2. The fraction of sp³-hybridized carbons (Fsp3) is 0.739. The predicted octanol–water partition coefficient (Wildman–Crippen LogP) is 4.96. The molecule has 1 amide bonds. The first kappa shape index (κ1) is 27.4. The van der Waals surface area contributed by atoms with Gasteiger partial charge in [-0.3, -0.25) is 9.69 Å². The number of hydrogen-bond donors (Lipinski definition) is 1. The lowest BCUT2D eigenvalue weighted by Crippen LogP contribution is -2.69. The zero-order valence-electron chi connectivity index (χ0n) is 21.4. The molecular weight excluding hydrogens is 458 g/mol. The molecule has 0 aromatic carbocycles. The van der Waals surface area contributed by atoms with Gasteiger partial charge in [-0.2, -0.15) is 0 Å². The Morgan fingerprint density at radius 2 is 1.88 bits per heavy atom. The number of carbonyl (C=O) groups is 2. The molecule has 32 heavy (non-hydrogen) atoms. The Morgan fingerprint density at radius 1 is 1.28 bits per heavy atom. The maximum Gasteiger partial charge on any atom is 0.356 e. The fourth-order valence-corrected chi connectivity index (χ4v) is 7.22. The first-order valence-corrected chi connectivity index (χ1v) is 18.8. The van der Waals surface area contributed by atoms with Crippen LogP contribution in [0.15, 0.2) is 22.8 Å². The molecule has 0 radical (unpaired) electrons. The largest absolute Gasteiger partial charge is 0.461 e. The molecule has 9 heteroatoms. The van der Waals surface area contributed by atoms with Crippen molar-refractivity contribution >= 4 is 40.0 Å². The van der Waals surface area contributed by atoms with Crippen LogP contribution in [-0.2, 0) is 18.8 Å². The van der Waals surface area contributed by atoms with Gasteiger partial charge in [0.25, 0.3) is 0 Å². The van der Waals surface area contributed by atoms with E-state index in [1.807, 2.05) is 13.8 Å². The number of β-lactam (4-membered cyclic amide) rings is 1. The third kappa shape index (κ3) is 5.27. The van der Waals surface area contributed by atoms with Gasteiger partial charge in [-0.25, -0.2) is 4.79 Å². The Labute approximate surface area is 199 Å². The van der Waals surface area contributed by atoms with Crippen molar-refractivity contribution in [2.24, 2.45) is 5.41 Å². The first-order chi connectivity index (χ1) is 14.5. The van der Waals surface area contributed by atoms with Crippen LogP contribution in [0.5, 0.6) is 0 Å². The van der Waals surface area contributed by atoms with Gasteiger partial charge >= 0.3 is 5.97 Å². The highest BCUT2D eigenvalue weighted by Gasteiger charge is 2.66. The number of esters is 1. The molecule has 0 bridgehead atoms. The maximum atomic E-state index is 13.4. The van der Waals surface area contributed by atoms with Crippen molar-refractivity contribution in [1.29, 1.82) is 0 Å². The van der Waals surface area contributed by atoms with Gasteiger partial charge in [0.2, 0.25) is 5.91 Å². The highest BCUT2D eigenvalue weighted by Crippen LogP contribution is 2.58. The first-order valence-electron chi connectivity index (χ1n) is 11.3. The highest BCUT2D eigenvalue weighted by atomic mass is 32.2. The van der Waals surface area contributed by atoms with Gasteiger partial charge in [0.15, 0.2) is 8.32 Å². The van der Waals surface area contributed by atoms with Crippen molar-refractivity contribution in [2.75, 3.05) is 13.2 Å². The minimum atomic E-state index is -2.07. The van der Waals surface area contributed by atoms with E-state index in [0.29, 0.717) is 17.2 Å². The van der Waals surface area contributed by atoms with Crippen LogP contribution in [0, 0.1) is 5.41 Å². The van der Waals surface area contributed by atoms with Gasteiger partial charge in [0, 0.05) is 13.0 Å². The van der Waals surface area contributed by atoms with Crippen LogP contribution < -0.4 is 0 Å². The molecule has 2 aliphatic heterocycles. The molecule has 0 aromatic heterocycles. The number of aliphatic hydroxyl groups excluding tert-OH is 1. The van der Waals surface area contributed by atoms with Gasteiger partial charge in [0.05, 0.1) is 19.3 Å². The molecule has 0 spiro atoms. The molecular formula is C23H41NO5SSi2. The van der Waals surface area contributed by atoms with E-state index in [1.165, 1.54) is 11.8 Å². The number of thioether (sulfide) groups is 1. The van der Waals surface area contributed by atoms with Crippen LogP contribution in [0.25, 0.3) is 0 Å². The zero-order valence-corrected chi connectivity index (χ0v) is 24.2. The molecule has 1 unspecified atom stereocenters. The summed E-state index contributed by atoms with van der Waals surface area (Å²) in [5, 5.41) is 9.05. The van der Waals surface area contributed by atoms with Crippen molar-refractivity contribution in [1.82, 2.24) is 4.90 Å². The number of hydrogen-bond acceptors (Lipinski definition) is 6. The number of amides is 1. The number of ether oxygens (including phenoxy) is 1. The Morgan fingerprint density at radius 3 is 2.38 bits per heavy atom. The van der Waals surface area contributed by atoms with Gasteiger partial charge < -0.3 is 14.3 Å². The lowest BCUT2D eigenvalue weighted by Gasteiger charge is -2.55. The van der Waals surface area contributed by atoms with E-state index >= 15 is 0 Å². The van der Waals surface area contributed by atoms with Crippen LogP contribution in [0.1, 0.15) is 34.6 Å². The van der Waals surface area contributed by atoms with Crippen LogP contribution in [0.4, 0.5) is 0 Å². The van der Waals surface area contributed by atoms with Gasteiger partial charge in [-0.15, -0.1) is 0 Å². The molecule has 0 aliphatic carbocycles. The van der Waals surface area contributed by atoms with E-state index in [4.69, 9.17) is 9.16 Å². The number of rotatable bonds is 9. The standard InChI is InChI=1S/C23H41NO5SSi2/c1-16(29-32(9,10)22(2,3)4)23(5)20(27)24-18(17(12-11-13-25)30-21(23)24)19(26)28-14-15-31(6,7)8/h11-12,16,21,25H,13-15H2,1-10H3/b12-11+/t16?,21-,23+/m1/s1. The summed E-state index contributed by atoms with van der Waals surface area (Å²) < 4.78 is 12.2. The topological polar surface area (TPSA) is 76.1 Å². The van der Waals surface area contributed by atoms with E-state index in [2.05, 4.69) is 53.5 Å². The molecule has 1 N–H and O–H groups in total. The lowest BCUT2D eigenvalue weighted by molar-refractivity contribution is -0.170. The highest BCUT2D eigenvalue weighted by molar-refractivity contribution is 8.04.